The molecule has 0 fully saturated rings. The highest BCUT2D eigenvalue weighted by Crippen LogP contribution is 2.24. The highest BCUT2D eigenvalue weighted by molar-refractivity contribution is 7.99. The van der Waals surface area contributed by atoms with Crippen LogP contribution in [0.5, 0.6) is 0 Å². The average molecular weight is 327 g/mol. The Hall–Kier alpha value is -0.670. The number of aryl methyl sites for hydroxylation is 1. The van der Waals surface area contributed by atoms with E-state index in [1.165, 1.54) is 5.56 Å². The Kier molecular flexibility index (Phi) is 5.79. The largest absolute Gasteiger partial charge is 0.392 e. The van der Waals surface area contributed by atoms with Gasteiger partial charge in [0, 0.05) is 27.1 Å². The first-order valence-electron chi connectivity index (χ1n) is 6.36. The highest BCUT2D eigenvalue weighted by atomic mass is 35.5. The Labute approximate surface area is 133 Å². The van der Waals surface area contributed by atoms with E-state index in [1.807, 2.05) is 6.07 Å². The van der Waals surface area contributed by atoms with Crippen molar-refractivity contribution in [3.63, 3.8) is 0 Å². The molecule has 0 aromatic heterocycles. The normalized spacial score (nSPS) is 12.4. The van der Waals surface area contributed by atoms with E-state index in [9.17, 15) is 5.11 Å². The number of rotatable bonds is 5. The van der Waals surface area contributed by atoms with Gasteiger partial charge in [-0.05, 0) is 42.8 Å². The van der Waals surface area contributed by atoms with Crippen LogP contribution < -0.4 is 0 Å². The molecule has 4 heteroatoms. The van der Waals surface area contributed by atoms with Crippen molar-refractivity contribution < 1.29 is 5.11 Å². The number of hydrogen-bond acceptors (Lipinski definition) is 2. The van der Waals surface area contributed by atoms with Crippen LogP contribution in [0.1, 0.15) is 11.1 Å². The molecular formula is C16H16Cl2OS. The van der Waals surface area contributed by atoms with Crippen LogP contribution in [0.15, 0.2) is 47.4 Å². The van der Waals surface area contributed by atoms with Crippen molar-refractivity contribution in [1.29, 1.82) is 0 Å². The molecular weight excluding hydrogens is 311 g/mol. The lowest BCUT2D eigenvalue weighted by atomic mass is 10.1. The predicted octanol–water partition coefficient (Wildman–Crippen LogP) is 5.00. The van der Waals surface area contributed by atoms with E-state index >= 15 is 0 Å². The van der Waals surface area contributed by atoms with Crippen molar-refractivity contribution in [2.24, 2.45) is 0 Å². The molecule has 20 heavy (non-hydrogen) atoms. The molecule has 1 unspecified atom stereocenters. The fourth-order valence-electron chi connectivity index (χ4n) is 1.84. The van der Waals surface area contributed by atoms with Crippen molar-refractivity contribution >= 4 is 35.0 Å². The molecule has 0 radical (unpaired) electrons. The first kappa shape index (κ1) is 15.7. The SMILES string of the molecule is Cc1ccc(SCC(O)Cc2cc(Cl)ccc2Cl)cc1. The zero-order chi connectivity index (χ0) is 14.5. The van der Waals surface area contributed by atoms with Crippen LogP contribution >= 0.6 is 35.0 Å². The van der Waals surface area contributed by atoms with Crippen LogP contribution in [-0.2, 0) is 6.42 Å². The van der Waals surface area contributed by atoms with Crippen LogP contribution in [0.2, 0.25) is 10.0 Å². The molecule has 1 atom stereocenters. The van der Waals surface area contributed by atoms with E-state index in [0.29, 0.717) is 22.2 Å². The summed E-state index contributed by atoms with van der Waals surface area (Å²) in [5, 5.41) is 11.4. The maximum absolute atomic E-state index is 10.1. The summed E-state index contributed by atoms with van der Waals surface area (Å²) < 4.78 is 0. The van der Waals surface area contributed by atoms with Crippen LogP contribution in [0.4, 0.5) is 0 Å². The summed E-state index contributed by atoms with van der Waals surface area (Å²) in [5.74, 6) is 0.631. The van der Waals surface area contributed by atoms with Crippen molar-refractivity contribution in [2.75, 3.05) is 5.75 Å². The zero-order valence-electron chi connectivity index (χ0n) is 11.1. The van der Waals surface area contributed by atoms with Gasteiger partial charge in [-0.15, -0.1) is 11.8 Å². The summed E-state index contributed by atoms with van der Waals surface area (Å²) in [6.45, 7) is 2.06. The first-order valence-corrected chi connectivity index (χ1v) is 8.10. The predicted molar refractivity (Wildman–Crippen MR) is 88.1 cm³/mol. The van der Waals surface area contributed by atoms with Crippen LogP contribution in [0.25, 0.3) is 0 Å². The van der Waals surface area contributed by atoms with Gasteiger partial charge in [-0.3, -0.25) is 0 Å². The van der Waals surface area contributed by atoms with E-state index in [-0.39, 0.29) is 0 Å². The van der Waals surface area contributed by atoms with Crippen LogP contribution in [0.3, 0.4) is 0 Å². The monoisotopic (exact) mass is 326 g/mol. The van der Waals surface area contributed by atoms with Crippen molar-refractivity contribution in [2.45, 2.75) is 24.3 Å². The molecule has 0 heterocycles. The number of aliphatic hydroxyl groups excluding tert-OH is 1. The topological polar surface area (TPSA) is 20.2 Å². The van der Waals surface area contributed by atoms with E-state index in [1.54, 1.807) is 23.9 Å². The highest BCUT2D eigenvalue weighted by Gasteiger charge is 2.10. The van der Waals surface area contributed by atoms with Gasteiger partial charge in [0.25, 0.3) is 0 Å². The second kappa shape index (κ2) is 7.37. The van der Waals surface area contributed by atoms with Crippen molar-refractivity contribution in [1.82, 2.24) is 0 Å². The molecule has 1 nitrogen and oxygen atoms in total. The van der Waals surface area contributed by atoms with Crippen LogP contribution in [0, 0.1) is 6.92 Å². The molecule has 2 aromatic carbocycles. The minimum atomic E-state index is -0.447. The van der Waals surface area contributed by atoms with Gasteiger partial charge in [0.05, 0.1) is 6.10 Å². The van der Waals surface area contributed by atoms with E-state index in [2.05, 4.69) is 31.2 Å². The number of halogens is 2. The Bertz CT molecular complexity index is 569. The lowest BCUT2D eigenvalue weighted by Crippen LogP contribution is -2.13. The summed E-state index contributed by atoms with van der Waals surface area (Å²) in [6.07, 6.45) is 0.0652. The third-order valence-electron chi connectivity index (χ3n) is 2.93. The first-order chi connectivity index (χ1) is 9.54. The summed E-state index contributed by atoms with van der Waals surface area (Å²) in [4.78, 5) is 1.16. The minimum Gasteiger partial charge on any atom is -0.392 e. The molecule has 2 rings (SSSR count). The quantitative estimate of drug-likeness (QED) is 0.780. The molecule has 2 aromatic rings. The lowest BCUT2D eigenvalue weighted by Gasteiger charge is -2.12. The molecule has 0 saturated heterocycles. The second-order valence-electron chi connectivity index (χ2n) is 4.72. The summed E-state index contributed by atoms with van der Waals surface area (Å²) in [7, 11) is 0. The Balaban J connectivity index is 1.90. The fraction of sp³-hybridized carbons (Fsp3) is 0.250. The number of thioether (sulfide) groups is 1. The number of hydrogen-bond donors (Lipinski definition) is 1. The summed E-state index contributed by atoms with van der Waals surface area (Å²) in [6, 6.07) is 13.6. The van der Waals surface area contributed by atoms with Crippen molar-refractivity contribution in [3.05, 3.63) is 63.6 Å². The molecule has 0 amide bonds. The van der Waals surface area contributed by atoms with E-state index in [4.69, 9.17) is 23.2 Å². The molecule has 0 aliphatic rings. The summed E-state index contributed by atoms with van der Waals surface area (Å²) >= 11 is 13.7. The molecule has 1 N–H and O–H groups in total. The second-order valence-corrected chi connectivity index (χ2v) is 6.65. The molecule has 106 valence electrons. The van der Waals surface area contributed by atoms with Gasteiger partial charge in [-0.1, -0.05) is 40.9 Å². The fourth-order valence-corrected chi connectivity index (χ4v) is 3.06. The standard InChI is InChI=1S/C16H16Cl2OS/c1-11-2-5-15(6-3-11)20-10-14(19)9-12-8-13(17)4-7-16(12)18/h2-8,14,19H,9-10H2,1H3. The Morgan fingerprint density at radius 3 is 2.50 bits per heavy atom. The smallest absolute Gasteiger partial charge is 0.0674 e. The van der Waals surface area contributed by atoms with Crippen LogP contribution in [-0.4, -0.2) is 17.0 Å². The van der Waals surface area contributed by atoms with Gasteiger partial charge < -0.3 is 5.11 Å². The van der Waals surface area contributed by atoms with E-state index < -0.39 is 6.10 Å². The third kappa shape index (κ3) is 4.71. The van der Waals surface area contributed by atoms with Crippen molar-refractivity contribution in [3.8, 4) is 0 Å². The van der Waals surface area contributed by atoms with Gasteiger partial charge in [0.2, 0.25) is 0 Å². The maximum Gasteiger partial charge on any atom is 0.0674 e. The number of benzene rings is 2. The van der Waals surface area contributed by atoms with Gasteiger partial charge in [0.1, 0.15) is 0 Å². The Morgan fingerprint density at radius 1 is 1.10 bits per heavy atom. The molecule has 0 aliphatic carbocycles. The maximum atomic E-state index is 10.1. The zero-order valence-corrected chi connectivity index (χ0v) is 13.5. The molecule has 0 spiro atoms. The van der Waals surface area contributed by atoms with E-state index in [0.717, 1.165) is 10.5 Å². The molecule has 0 saturated carbocycles. The van der Waals surface area contributed by atoms with Gasteiger partial charge >= 0.3 is 0 Å². The number of aliphatic hydroxyl groups is 1. The van der Waals surface area contributed by atoms with Gasteiger partial charge in [0.15, 0.2) is 0 Å². The average Bonchev–Trinajstić information content (AvgIpc) is 2.42. The molecule has 0 aliphatic heterocycles. The van der Waals surface area contributed by atoms with Gasteiger partial charge in [-0.2, -0.15) is 0 Å². The van der Waals surface area contributed by atoms with Gasteiger partial charge in [-0.25, -0.2) is 0 Å². The minimum absolute atomic E-state index is 0.447. The third-order valence-corrected chi connectivity index (χ3v) is 4.69. The molecule has 0 bridgehead atoms. The summed E-state index contributed by atoms with van der Waals surface area (Å²) in [5.41, 5.74) is 2.12. The lowest BCUT2D eigenvalue weighted by molar-refractivity contribution is 0.200. The Morgan fingerprint density at radius 2 is 1.80 bits per heavy atom.